The highest BCUT2D eigenvalue weighted by Gasteiger charge is 2.30. The van der Waals surface area contributed by atoms with Gasteiger partial charge in [0.2, 0.25) is 0 Å². The van der Waals surface area contributed by atoms with Crippen LogP contribution < -0.4 is 0 Å². The van der Waals surface area contributed by atoms with Gasteiger partial charge in [-0.1, -0.05) is 12.8 Å². The molecule has 3 nitrogen and oxygen atoms in total. The number of carbonyl (C=O) groups excluding carboxylic acids is 1. The first-order chi connectivity index (χ1) is 8.70. The van der Waals surface area contributed by atoms with Crippen molar-refractivity contribution in [3.8, 4) is 0 Å². The average Bonchev–Trinajstić information content (AvgIpc) is 2.47. The fraction of sp³-hybridized carbons (Fsp3) is 0.933. The molecule has 0 N–H and O–H groups in total. The third kappa shape index (κ3) is 3.33. The monoisotopic (exact) mass is 252 g/mol. The van der Waals surface area contributed by atoms with Crippen molar-refractivity contribution in [2.45, 2.75) is 64.5 Å². The van der Waals surface area contributed by atoms with Crippen LogP contribution in [-0.2, 0) is 4.79 Å². The minimum absolute atomic E-state index is 0.113. The van der Waals surface area contributed by atoms with Gasteiger partial charge in [-0.15, -0.1) is 0 Å². The first-order valence-electron chi connectivity index (χ1n) is 7.72. The second-order valence-corrected chi connectivity index (χ2v) is 5.95. The minimum atomic E-state index is 0.113. The quantitative estimate of drug-likeness (QED) is 0.767. The molecule has 0 radical (unpaired) electrons. The van der Waals surface area contributed by atoms with E-state index in [-0.39, 0.29) is 12.1 Å². The summed E-state index contributed by atoms with van der Waals surface area (Å²) in [6.45, 7) is 8.65. The van der Waals surface area contributed by atoms with Gasteiger partial charge in [0.05, 0.1) is 12.1 Å². The maximum Gasteiger partial charge on any atom is 0.166 e. The van der Waals surface area contributed by atoms with Gasteiger partial charge >= 0.3 is 0 Å². The van der Waals surface area contributed by atoms with Gasteiger partial charge in [0.15, 0.2) is 5.78 Å². The molecule has 2 heterocycles. The SMILES string of the molecule is CC(C(=O)C(C)N1CCCCC1)N1CCCCC1. The molecule has 2 aliphatic rings. The van der Waals surface area contributed by atoms with Crippen LogP contribution in [0.25, 0.3) is 0 Å². The smallest absolute Gasteiger partial charge is 0.166 e. The second-order valence-electron chi connectivity index (χ2n) is 5.95. The summed E-state index contributed by atoms with van der Waals surface area (Å²) < 4.78 is 0. The molecule has 2 aliphatic heterocycles. The summed E-state index contributed by atoms with van der Waals surface area (Å²) in [6, 6.07) is 0.226. The molecule has 0 saturated carbocycles. The molecule has 3 heteroatoms. The van der Waals surface area contributed by atoms with E-state index in [2.05, 4.69) is 23.6 Å². The fourth-order valence-electron chi connectivity index (χ4n) is 3.32. The molecule has 2 fully saturated rings. The van der Waals surface area contributed by atoms with E-state index < -0.39 is 0 Å². The highest BCUT2D eigenvalue weighted by Crippen LogP contribution is 2.17. The number of ketones is 1. The summed E-state index contributed by atoms with van der Waals surface area (Å²) in [6.07, 6.45) is 7.70. The van der Waals surface area contributed by atoms with Gasteiger partial charge in [0, 0.05) is 0 Å². The topological polar surface area (TPSA) is 23.6 Å². The number of piperidine rings is 2. The molecule has 18 heavy (non-hydrogen) atoms. The Kier molecular flexibility index (Phi) is 5.19. The van der Waals surface area contributed by atoms with Crippen molar-refractivity contribution >= 4 is 5.78 Å². The zero-order valence-corrected chi connectivity index (χ0v) is 12.0. The summed E-state index contributed by atoms with van der Waals surface area (Å²) in [7, 11) is 0. The molecule has 2 rings (SSSR count). The largest absolute Gasteiger partial charge is 0.296 e. The summed E-state index contributed by atoms with van der Waals surface area (Å²) in [5.74, 6) is 0.429. The van der Waals surface area contributed by atoms with E-state index in [4.69, 9.17) is 0 Å². The zero-order chi connectivity index (χ0) is 13.0. The molecular weight excluding hydrogens is 224 g/mol. The standard InChI is InChI=1S/C15H28N2O/c1-13(16-9-5-3-6-10-16)15(18)14(2)17-11-7-4-8-12-17/h13-14H,3-12H2,1-2H3. The summed E-state index contributed by atoms with van der Waals surface area (Å²) in [5.41, 5.74) is 0. The predicted molar refractivity (Wildman–Crippen MR) is 74.8 cm³/mol. The normalized spacial score (nSPS) is 26.8. The van der Waals surface area contributed by atoms with E-state index in [0.717, 1.165) is 26.2 Å². The number of carbonyl (C=O) groups is 1. The Balaban J connectivity index is 1.87. The van der Waals surface area contributed by atoms with Gasteiger partial charge in [0.1, 0.15) is 0 Å². The van der Waals surface area contributed by atoms with Crippen LogP contribution in [0.3, 0.4) is 0 Å². The zero-order valence-electron chi connectivity index (χ0n) is 12.0. The molecule has 104 valence electrons. The predicted octanol–water partition coefficient (Wildman–Crippen LogP) is 2.30. The fourth-order valence-corrected chi connectivity index (χ4v) is 3.32. The van der Waals surface area contributed by atoms with Gasteiger partial charge in [-0.3, -0.25) is 14.6 Å². The van der Waals surface area contributed by atoms with Gasteiger partial charge < -0.3 is 0 Å². The Labute approximate surface area is 112 Å². The second kappa shape index (κ2) is 6.67. The molecule has 2 unspecified atom stereocenters. The Morgan fingerprint density at radius 3 is 1.39 bits per heavy atom. The maximum absolute atomic E-state index is 12.6. The van der Waals surface area contributed by atoms with Crippen molar-refractivity contribution in [3.63, 3.8) is 0 Å². The first kappa shape index (κ1) is 14.0. The molecule has 0 aliphatic carbocycles. The van der Waals surface area contributed by atoms with Crippen LogP contribution in [0, 0.1) is 0 Å². The Morgan fingerprint density at radius 2 is 1.06 bits per heavy atom. The highest BCUT2D eigenvalue weighted by molar-refractivity contribution is 5.88. The number of Topliss-reactive ketones (excluding diaryl/α,β-unsaturated/α-hetero) is 1. The maximum atomic E-state index is 12.6. The summed E-state index contributed by atoms with van der Waals surface area (Å²) >= 11 is 0. The van der Waals surface area contributed by atoms with Crippen LogP contribution in [-0.4, -0.2) is 53.8 Å². The van der Waals surface area contributed by atoms with Gasteiger partial charge in [0.25, 0.3) is 0 Å². The lowest BCUT2D eigenvalue weighted by Gasteiger charge is -2.37. The molecule has 2 atom stereocenters. The van der Waals surface area contributed by atoms with Crippen molar-refractivity contribution in [1.82, 2.24) is 9.80 Å². The first-order valence-corrected chi connectivity index (χ1v) is 7.72. The third-order valence-corrected chi connectivity index (χ3v) is 4.70. The van der Waals surface area contributed by atoms with E-state index in [9.17, 15) is 4.79 Å². The Bertz CT molecular complexity index is 242. The highest BCUT2D eigenvalue weighted by atomic mass is 16.1. The molecule has 0 aromatic rings. The van der Waals surface area contributed by atoms with Crippen LogP contribution >= 0.6 is 0 Å². The minimum Gasteiger partial charge on any atom is -0.296 e. The number of hydrogen-bond acceptors (Lipinski definition) is 3. The Morgan fingerprint density at radius 1 is 0.722 bits per heavy atom. The summed E-state index contributed by atoms with van der Waals surface area (Å²) in [5, 5.41) is 0. The van der Waals surface area contributed by atoms with E-state index in [1.807, 2.05) is 0 Å². The van der Waals surface area contributed by atoms with Crippen LogP contribution in [0.1, 0.15) is 52.4 Å². The number of hydrogen-bond donors (Lipinski definition) is 0. The summed E-state index contributed by atoms with van der Waals surface area (Å²) in [4.78, 5) is 17.3. The van der Waals surface area contributed by atoms with Crippen LogP contribution in [0.2, 0.25) is 0 Å². The number of rotatable bonds is 4. The number of likely N-dealkylation sites (tertiary alicyclic amines) is 2. The molecular formula is C15H28N2O. The van der Waals surface area contributed by atoms with Crippen LogP contribution in [0.15, 0.2) is 0 Å². The molecule has 0 amide bonds. The van der Waals surface area contributed by atoms with Crippen molar-refractivity contribution in [1.29, 1.82) is 0 Å². The van der Waals surface area contributed by atoms with Crippen molar-refractivity contribution in [2.24, 2.45) is 0 Å². The van der Waals surface area contributed by atoms with E-state index in [1.54, 1.807) is 0 Å². The molecule has 0 aromatic heterocycles. The third-order valence-electron chi connectivity index (χ3n) is 4.70. The molecule has 0 aromatic carbocycles. The van der Waals surface area contributed by atoms with E-state index in [1.165, 1.54) is 38.5 Å². The lowest BCUT2D eigenvalue weighted by Crippen LogP contribution is -2.51. The van der Waals surface area contributed by atoms with E-state index in [0.29, 0.717) is 5.78 Å². The molecule has 0 bridgehead atoms. The Hall–Kier alpha value is -0.410. The van der Waals surface area contributed by atoms with Gasteiger partial charge in [-0.05, 0) is 65.7 Å². The number of nitrogens with zero attached hydrogens (tertiary/aromatic N) is 2. The average molecular weight is 252 g/mol. The lowest BCUT2D eigenvalue weighted by molar-refractivity contribution is -0.129. The van der Waals surface area contributed by atoms with Gasteiger partial charge in [-0.25, -0.2) is 0 Å². The van der Waals surface area contributed by atoms with Crippen molar-refractivity contribution in [2.75, 3.05) is 26.2 Å². The van der Waals surface area contributed by atoms with Crippen molar-refractivity contribution in [3.05, 3.63) is 0 Å². The van der Waals surface area contributed by atoms with Crippen LogP contribution in [0.4, 0.5) is 0 Å². The van der Waals surface area contributed by atoms with Crippen molar-refractivity contribution < 1.29 is 4.79 Å². The lowest BCUT2D eigenvalue weighted by atomic mass is 10.00. The molecule has 2 saturated heterocycles. The van der Waals surface area contributed by atoms with E-state index >= 15 is 0 Å². The van der Waals surface area contributed by atoms with Crippen LogP contribution in [0.5, 0.6) is 0 Å². The molecule has 0 spiro atoms. The van der Waals surface area contributed by atoms with Gasteiger partial charge in [-0.2, -0.15) is 0 Å².